The number of carbonyl (C=O) groups is 1. The molecule has 4 heteroatoms. The first kappa shape index (κ1) is 19.4. The molecule has 1 N–H and O–H groups in total. The molecule has 0 fully saturated rings. The maximum absolute atomic E-state index is 12.3. The summed E-state index contributed by atoms with van der Waals surface area (Å²) in [5, 5.41) is 5.18. The van der Waals surface area contributed by atoms with Gasteiger partial charge in [0, 0.05) is 11.4 Å². The first-order chi connectivity index (χ1) is 13.0. The molecule has 3 aromatic rings. The topological polar surface area (TPSA) is 42.0 Å². The third-order valence-corrected chi connectivity index (χ3v) is 5.60. The molecule has 1 amide bonds. The molecule has 3 nitrogen and oxygen atoms in total. The third-order valence-electron chi connectivity index (χ3n) is 4.69. The van der Waals surface area contributed by atoms with Crippen LogP contribution in [0, 0.1) is 13.8 Å². The Bertz CT molecular complexity index is 924. The van der Waals surface area contributed by atoms with Gasteiger partial charge in [0.2, 0.25) is 5.91 Å². The number of para-hydroxylation sites is 1. The van der Waals surface area contributed by atoms with Crippen LogP contribution in [0.15, 0.2) is 59.6 Å². The molecule has 0 unspecified atom stereocenters. The summed E-state index contributed by atoms with van der Waals surface area (Å²) < 4.78 is 0. The predicted octanol–water partition coefficient (Wildman–Crippen LogP) is 5.08. The zero-order valence-electron chi connectivity index (χ0n) is 16.2. The van der Waals surface area contributed by atoms with Gasteiger partial charge in [-0.05, 0) is 56.4 Å². The zero-order valence-corrected chi connectivity index (χ0v) is 17.0. The van der Waals surface area contributed by atoms with Crippen molar-refractivity contribution in [3.8, 4) is 0 Å². The Labute approximate surface area is 165 Å². The fourth-order valence-corrected chi connectivity index (χ4v) is 3.94. The van der Waals surface area contributed by atoms with E-state index >= 15 is 0 Å². The lowest BCUT2D eigenvalue weighted by molar-refractivity contribution is -0.119. The zero-order chi connectivity index (χ0) is 19.2. The molecular weight excluding hydrogens is 352 g/mol. The van der Waals surface area contributed by atoms with Gasteiger partial charge in [-0.25, -0.2) is 4.98 Å². The lowest BCUT2D eigenvalue weighted by atomic mass is 10.1. The fraction of sp³-hybridized carbons (Fsp3) is 0.304. The lowest BCUT2D eigenvalue weighted by Crippen LogP contribution is -2.34. The lowest BCUT2D eigenvalue weighted by Gasteiger charge is -2.14. The SMILES string of the molecule is Cc1cc(SCC(=O)N[C@@H](C)CCc2ccccc2)nc2c(C)cccc12. The number of benzene rings is 2. The summed E-state index contributed by atoms with van der Waals surface area (Å²) in [7, 11) is 0. The van der Waals surface area contributed by atoms with E-state index in [1.165, 1.54) is 28.3 Å². The molecule has 0 saturated heterocycles. The van der Waals surface area contributed by atoms with Gasteiger partial charge in [0.15, 0.2) is 0 Å². The average molecular weight is 379 g/mol. The summed E-state index contributed by atoms with van der Waals surface area (Å²) in [6, 6.07) is 18.8. The average Bonchev–Trinajstić information content (AvgIpc) is 2.66. The fourth-order valence-electron chi connectivity index (χ4n) is 3.16. The van der Waals surface area contributed by atoms with E-state index < -0.39 is 0 Å². The number of thioether (sulfide) groups is 1. The van der Waals surface area contributed by atoms with Crippen LogP contribution in [0.4, 0.5) is 0 Å². The van der Waals surface area contributed by atoms with E-state index in [0.717, 1.165) is 28.9 Å². The Morgan fingerprint density at radius 1 is 1.07 bits per heavy atom. The van der Waals surface area contributed by atoms with Crippen LogP contribution in [0.1, 0.15) is 30.0 Å². The standard InChI is InChI=1S/C23H26N2OS/c1-16-8-7-11-20-17(2)14-22(25-23(16)20)27-15-21(26)24-18(3)12-13-19-9-5-4-6-10-19/h4-11,14,18H,12-13,15H2,1-3H3,(H,24,26)/t18-/m0/s1. The largest absolute Gasteiger partial charge is 0.353 e. The molecule has 0 aliphatic carbocycles. The summed E-state index contributed by atoms with van der Waals surface area (Å²) in [5.74, 6) is 0.448. The maximum atomic E-state index is 12.3. The number of amides is 1. The second kappa shape index (κ2) is 9.05. The number of aryl methyl sites for hydroxylation is 3. The van der Waals surface area contributed by atoms with E-state index in [9.17, 15) is 4.79 Å². The number of fused-ring (bicyclic) bond motifs is 1. The van der Waals surface area contributed by atoms with Gasteiger partial charge >= 0.3 is 0 Å². The number of aromatic nitrogens is 1. The summed E-state index contributed by atoms with van der Waals surface area (Å²) in [6.07, 6.45) is 1.91. The van der Waals surface area contributed by atoms with E-state index in [1.807, 2.05) is 6.07 Å². The number of hydrogen-bond acceptors (Lipinski definition) is 3. The molecule has 2 aromatic carbocycles. The molecule has 27 heavy (non-hydrogen) atoms. The van der Waals surface area contributed by atoms with Gasteiger partial charge in [0.1, 0.15) is 0 Å². The van der Waals surface area contributed by atoms with Crippen LogP contribution < -0.4 is 5.32 Å². The van der Waals surface area contributed by atoms with Crippen LogP contribution in [0.25, 0.3) is 10.9 Å². The van der Waals surface area contributed by atoms with Crippen molar-refractivity contribution in [2.45, 2.75) is 44.7 Å². The maximum Gasteiger partial charge on any atom is 0.230 e. The van der Waals surface area contributed by atoms with Gasteiger partial charge in [-0.1, -0.05) is 60.3 Å². The number of nitrogens with one attached hydrogen (secondary N) is 1. The normalized spacial score (nSPS) is 12.1. The molecule has 0 saturated carbocycles. The van der Waals surface area contributed by atoms with E-state index in [1.54, 1.807) is 0 Å². The van der Waals surface area contributed by atoms with E-state index in [4.69, 9.17) is 4.98 Å². The predicted molar refractivity (Wildman–Crippen MR) is 114 cm³/mol. The van der Waals surface area contributed by atoms with E-state index in [-0.39, 0.29) is 11.9 Å². The highest BCUT2D eigenvalue weighted by atomic mass is 32.2. The minimum absolute atomic E-state index is 0.0601. The quantitative estimate of drug-likeness (QED) is 0.583. The van der Waals surface area contributed by atoms with Crippen molar-refractivity contribution in [1.82, 2.24) is 10.3 Å². The summed E-state index contributed by atoms with van der Waals surface area (Å²) in [5.41, 5.74) is 4.69. The first-order valence-corrected chi connectivity index (χ1v) is 10.3. The smallest absolute Gasteiger partial charge is 0.230 e. The van der Waals surface area contributed by atoms with Gasteiger partial charge < -0.3 is 5.32 Å². The molecule has 0 aliphatic heterocycles. The van der Waals surface area contributed by atoms with Gasteiger partial charge in [-0.2, -0.15) is 0 Å². The molecule has 0 spiro atoms. The summed E-state index contributed by atoms with van der Waals surface area (Å²) >= 11 is 1.50. The van der Waals surface area contributed by atoms with Crippen LogP contribution in [0.3, 0.4) is 0 Å². The number of rotatable bonds is 7. The molecular formula is C23H26N2OS. The highest BCUT2D eigenvalue weighted by Crippen LogP contribution is 2.25. The van der Waals surface area contributed by atoms with Gasteiger partial charge in [0.05, 0.1) is 16.3 Å². The van der Waals surface area contributed by atoms with E-state index in [2.05, 4.69) is 74.6 Å². The Balaban J connectivity index is 1.53. The van der Waals surface area contributed by atoms with Crippen molar-refractivity contribution >= 4 is 28.6 Å². The molecule has 0 radical (unpaired) electrons. The van der Waals surface area contributed by atoms with Gasteiger partial charge in [0.25, 0.3) is 0 Å². The van der Waals surface area contributed by atoms with Gasteiger partial charge in [-0.3, -0.25) is 4.79 Å². The van der Waals surface area contributed by atoms with Gasteiger partial charge in [-0.15, -0.1) is 0 Å². The van der Waals surface area contributed by atoms with Crippen molar-refractivity contribution in [2.24, 2.45) is 0 Å². The first-order valence-electron chi connectivity index (χ1n) is 9.36. The number of pyridine rings is 1. The Morgan fingerprint density at radius 3 is 2.63 bits per heavy atom. The minimum atomic E-state index is 0.0601. The minimum Gasteiger partial charge on any atom is -0.353 e. The summed E-state index contributed by atoms with van der Waals surface area (Å²) in [6.45, 7) is 6.23. The van der Waals surface area contributed by atoms with Crippen molar-refractivity contribution in [2.75, 3.05) is 5.75 Å². The van der Waals surface area contributed by atoms with Crippen LogP contribution in [-0.4, -0.2) is 22.7 Å². The Kier molecular flexibility index (Phi) is 6.51. The van der Waals surface area contributed by atoms with Crippen molar-refractivity contribution in [1.29, 1.82) is 0 Å². The number of carbonyl (C=O) groups excluding carboxylic acids is 1. The highest BCUT2D eigenvalue weighted by molar-refractivity contribution is 7.99. The Hall–Kier alpha value is -2.33. The molecule has 3 rings (SSSR count). The van der Waals surface area contributed by atoms with Crippen molar-refractivity contribution < 1.29 is 4.79 Å². The van der Waals surface area contributed by atoms with E-state index in [0.29, 0.717) is 5.75 Å². The second-order valence-electron chi connectivity index (χ2n) is 7.03. The molecule has 0 aliphatic rings. The Morgan fingerprint density at radius 2 is 1.85 bits per heavy atom. The number of nitrogens with zero attached hydrogens (tertiary/aromatic N) is 1. The number of hydrogen-bond donors (Lipinski definition) is 1. The van der Waals surface area contributed by atoms with Crippen molar-refractivity contribution in [3.05, 3.63) is 71.3 Å². The molecule has 140 valence electrons. The monoisotopic (exact) mass is 378 g/mol. The third kappa shape index (κ3) is 5.33. The van der Waals surface area contributed by atoms with Crippen LogP contribution >= 0.6 is 11.8 Å². The second-order valence-corrected chi connectivity index (χ2v) is 8.03. The molecule has 1 heterocycles. The molecule has 0 bridgehead atoms. The van der Waals surface area contributed by atoms with Crippen LogP contribution in [-0.2, 0) is 11.2 Å². The highest BCUT2D eigenvalue weighted by Gasteiger charge is 2.10. The van der Waals surface area contributed by atoms with Crippen LogP contribution in [0.5, 0.6) is 0 Å². The molecule has 1 atom stereocenters. The summed E-state index contributed by atoms with van der Waals surface area (Å²) in [4.78, 5) is 17.0. The van der Waals surface area contributed by atoms with Crippen LogP contribution in [0.2, 0.25) is 0 Å². The van der Waals surface area contributed by atoms with Crippen molar-refractivity contribution in [3.63, 3.8) is 0 Å². The molecule has 1 aromatic heterocycles.